The Balaban J connectivity index is 1.74. The Morgan fingerprint density at radius 3 is 2.36 bits per heavy atom. The maximum Gasteiger partial charge on any atom is 0.251 e. The standard InChI is InChI=1S/C27H27FN4O3S/c1-27(2,3)36(34,35)31-23-12-11-17(15-30-23)25-24(26(29)33)20-13-21(28)19(16-9-10-16)14-22(20)32(25)18-7-5-4-6-8-18/h4-8,11-16H,9-10H2,1-3H3,(H2,29,33)(H,30,31). The SMILES string of the molecule is CC(C)(C)S(=O)(=O)Nc1ccc(-c2c(C(N)=O)c3cc(F)c(C4CC4)cc3n2-c2ccccc2)cn1. The zero-order valence-corrected chi connectivity index (χ0v) is 21.1. The number of fused-ring (bicyclic) bond motifs is 1. The molecule has 0 unspecified atom stereocenters. The highest BCUT2D eigenvalue weighted by Crippen LogP contribution is 2.44. The summed E-state index contributed by atoms with van der Waals surface area (Å²) in [7, 11) is -3.67. The number of carbonyl (C=O) groups is 1. The van der Waals surface area contributed by atoms with E-state index in [4.69, 9.17) is 5.73 Å². The molecule has 1 aliphatic carbocycles. The summed E-state index contributed by atoms with van der Waals surface area (Å²) >= 11 is 0. The zero-order valence-electron chi connectivity index (χ0n) is 20.2. The lowest BCUT2D eigenvalue weighted by molar-refractivity contribution is 0.100. The van der Waals surface area contributed by atoms with Crippen molar-refractivity contribution in [2.75, 3.05) is 4.72 Å². The number of primary amides is 1. The van der Waals surface area contributed by atoms with E-state index in [1.54, 1.807) is 26.8 Å². The number of pyridine rings is 1. The molecule has 0 saturated heterocycles. The van der Waals surface area contributed by atoms with Gasteiger partial charge in [0.05, 0.1) is 21.5 Å². The summed E-state index contributed by atoms with van der Waals surface area (Å²) in [6, 6.07) is 15.8. The Kier molecular flexibility index (Phi) is 5.63. The van der Waals surface area contributed by atoms with Gasteiger partial charge in [0.15, 0.2) is 0 Å². The number of nitrogens with zero attached hydrogens (tertiary/aromatic N) is 2. The lowest BCUT2D eigenvalue weighted by Crippen LogP contribution is -2.33. The maximum atomic E-state index is 15.1. The number of anilines is 1. The first-order valence-corrected chi connectivity index (χ1v) is 13.2. The number of benzene rings is 2. The zero-order chi connectivity index (χ0) is 25.8. The van der Waals surface area contributed by atoms with E-state index in [1.165, 1.54) is 18.3 Å². The fraction of sp³-hybridized carbons (Fsp3) is 0.259. The van der Waals surface area contributed by atoms with Crippen molar-refractivity contribution in [2.45, 2.75) is 44.3 Å². The maximum absolute atomic E-state index is 15.1. The van der Waals surface area contributed by atoms with Crippen molar-refractivity contribution in [1.29, 1.82) is 0 Å². The predicted molar refractivity (Wildman–Crippen MR) is 139 cm³/mol. The molecular formula is C27H27FN4O3S. The lowest BCUT2D eigenvalue weighted by Gasteiger charge is -2.20. The largest absolute Gasteiger partial charge is 0.366 e. The molecule has 186 valence electrons. The average molecular weight is 507 g/mol. The number of para-hydroxylation sites is 1. The van der Waals surface area contributed by atoms with Gasteiger partial charge in [0, 0.05) is 22.8 Å². The second-order valence-electron chi connectivity index (χ2n) is 10.1. The molecule has 1 fully saturated rings. The van der Waals surface area contributed by atoms with Crippen LogP contribution in [0.3, 0.4) is 0 Å². The Morgan fingerprint density at radius 1 is 1.11 bits per heavy atom. The highest BCUT2D eigenvalue weighted by molar-refractivity contribution is 7.94. The first-order valence-electron chi connectivity index (χ1n) is 11.7. The number of carbonyl (C=O) groups excluding carboxylic acids is 1. The fourth-order valence-corrected chi connectivity index (χ4v) is 4.99. The number of sulfonamides is 1. The van der Waals surface area contributed by atoms with Gasteiger partial charge >= 0.3 is 0 Å². The van der Waals surface area contributed by atoms with Crippen LogP contribution < -0.4 is 10.5 Å². The third-order valence-corrected chi connectivity index (χ3v) is 8.54. The molecule has 1 aliphatic rings. The van der Waals surface area contributed by atoms with Crippen LogP contribution in [0.5, 0.6) is 0 Å². The topological polar surface area (TPSA) is 107 Å². The molecule has 1 saturated carbocycles. The molecule has 5 rings (SSSR count). The molecule has 9 heteroatoms. The van der Waals surface area contributed by atoms with Crippen LogP contribution in [0.25, 0.3) is 27.8 Å². The molecule has 0 atom stereocenters. The van der Waals surface area contributed by atoms with Gasteiger partial charge in [0.25, 0.3) is 5.91 Å². The minimum atomic E-state index is -3.67. The molecule has 2 aromatic heterocycles. The van der Waals surface area contributed by atoms with Crippen LogP contribution in [-0.2, 0) is 10.0 Å². The van der Waals surface area contributed by atoms with Crippen LogP contribution in [0.1, 0.15) is 55.5 Å². The Labute approximate surface area is 209 Å². The van der Waals surface area contributed by atoms with Crippen molar-refractivity contribution in [3.05, 3.63) is 77.7 Å². The van der Waals surface area contributed by atoms with E-state index in [2.05, 4.69) is 9.71 Å². The van der Waals surface area contributed by atoms with E-state index in [9.17, 15) is 13.2 Å². The first-order chi connectivity index (χ1) is 17.0. The monoisotopic (exact) mass is 506 g/mol. The summed E-state index contributed by atoms with van der Waals surface area (Å²) in [5, 5.41) is 0.417. The minimum Gasteiger partial charge on any atom is -0.366 e. The highest BCUT2D eigenvalue weighted by Gasteiger charge is 2.31. The molecule has 0 aliphatic heterocycles. The number of halogens is 1. The molecule has 36 heavy (non-hydrogen) atoms. The van der Waals surface area contributed by atoms with Gasteiger partial charge in [-0.15, -0.1) is 0 Å². The van der Waals surface area contributed by atoms with Crippen molar-refractivity contribution in [3.63, 3.8) is 0 Å². The second kappa shape index (κ2) is 8.44. The van der Waals surface area contributed by atoms with Gasteiger partial charge in [-0.3, -0.25) is 9.52 Å². The number of amides is 1. The number of nitrogens with two attached hydrogens (primary N) is 1. The normalized spacial score (nSPS) is 14.2. The van der Waals surface area contributed by atoms with Gasteiger partial charge in [-0.25, -0.2) is 17.8 Å². The van der Waals surface area contributed by atoms with Crippen LogP contribution in [0.2, 0.25) is 0 Å². The van der Waals surface area contributed by atoms with Gasteiger partial charge in [0.2, 0.25) is 10.0 Å². The molecule has 2 heterocycles. The van der Waals surface area contributed by atoms with Gasteiger partial charge in [-0.05, 0) is 81.5 Å². The van der Waals surface area contributed by atoms with Gasteiger partial charge in [-0.2, -0.15) is 0 Å². The summed E-state index contributed by atoms with van der Waals surface area (Å²) in [4.78, 5) is 17.0. The van der Waals surface area contributed by atoms with Crippen LogP contribution in [0.15, 0.2) is 60.8 Å². The van der Waals surface area contributed by atoms with Crippen LogP contribution in [0, 0.1) is 5.82 Å². The number of rotatable bonds is 6. The van der Waals surface area contributed by atoms with E-state index < -0.39 is 20.7 Å². The van der Waals surface area contributed by atoms with Crippen LogP contribution in [-0.4, -0.2) is 28.6 Å². The number of hydrogen-bond acceptors (Lipinski definition) is 4. The smallest absolute Gasteiger partial charge is 0.251 e. The molecule has 0 radical (unpaired) electrons. The molecule has 0 bridgehead atoms. The highest BCUT2D eigenvalue weighted by atomic mass is 32.2. The Hall–Kier alpha value is -3.72. The first kappa shape index (κ1) is 24.0. The van der Waals surface area contributed by atoms with Crippen molar-refractivity contribution >= 4 is 32.7 Å². The predicted octanol–water partition coefficient (Wildman–Crippen LogP) is 5.35. The quantitative estimate of drug-likeness (QED) is 0.368. The van der Waals surface area contributed by atoms with E-state index in [1.807, 2.05) is 41.0 Å². The Morgan fingerprint density at radius 2 is 1.81 bits per heavy atom. The van der Waals surface area contributed by atoms with Gasteiger partial charge in [-0.1, -0.05) is 18.2 Å². The van der Waals surface area contributed by atoms with Gasteiger partial charge < -0.3 is 10.3 Å². The van der Waals surface area contributed by atoms with Crippen molar-refractivity contribution in [3.8, 4) is 16.9 Å². The summed E-state index contributed by atoms with van der Waals surface area (Å²) < 4.78 is 43.5. The molecule has 4 aromatic rings. The number of hydrogen-bond donors (Lipinski definition) is 2. The average Bonchev–Trinajstić information content (AvgIpc) is 3.60. The molecule has 0 spiro atoms. The molecule has 1 amide bonds. The van der Waals surface area contributed by atoms with Gasteiger partial charge in [0.1, 0.15) is 11.6 Å². The van der Waals surface area contributed by atoms with Crippen LogP contribution in [0.4, 0.5) is 10.2 Å². The van der Waals surface area contributed by atoms with E-state index in [0.29, 0.717) is 27.7 Å². The third kappa shape index (κ3) is 4.13. The molecule has 2 aromatic carbocycles. The summed E-state index contributed by atoms with van der Waals surface area (Å²) in [6.07, 6.45) is 3.35. The Bertz CT molecular complexity index is 1580. The molecule has 7 nitrogen and oxygen atoms in total. The second-order valence-corrected chi connectivity index (χ2v) is 12.5. The number of nitrogens with one attached hydrogen (secondary N) is 1. The van der Waals surface area contributed by atoms with E-state index in [-0.39, 0.29) is 23.1 Å². The third-order valence-electron chi connectivity index (χ3n) is 6.45. The lowest BCUT2D eigenvalue weighted by atomic mass is 10.0. The fourth-order valence-electron chi connectivity index (χ4n) is 4.28. The molecule has 3 N–H and O–H groups in total. The van der Waals surface area contributed by atoms with Crippen molar-refractivity contribution in [1.82, 2.24) is 9.55 Å². The molecular weight excluding hydrogens is 479 g/mol. The summed E-state index contributed by atoms with van der Waals surface area (Å²) in [5.74, 6) is -0.723. The van der Waals surface area contributed by atoms with Crippen molar-refractivity contribution in [2.24, 2.45) is 5.73 Å². The minimum absolute atomic E-state index is 0.152. The van der Waals surface area contributed by atoms with E-state index in [0.717, 1.165) is 18.5 Å². The number of aromatic nitrogens is 2. The van der Waals surface area contributed by atoms with E-state index >= 15 is 4.39 Å². The van der Waals surface area contributed by atoms with Crippen molar-refractivity contribution < 1.29 is 17.6 Å². The summed E-state index contributed by atoms with van der Waals surface area (Å²) in [6.45, 7) is 4.78. The van der Waals surface area contributed by atoms with Crippen LogP contribution >= 0.6 is 0 Å². The summed E-state index contributed by atoms with van der Waals surface area (Å²) in [5.41, 5.74) is 9.10.